The lowest BCUT2D eigenvalue weighted by Gasteiger charge is -2.16. The van der Waals surface area contributed by atoms with Crippen molar-refractivity contribution < 1.29 is 14.3 Å². The number of carbonyl (C=O) groups is 2. The van der Waals surface area contributed by atoms with Crippen LogP contribution in [0.5, 0.6) is 5.75 Å². The number of esters is 1. The van der Waals surface area contributed by atoms with Gasteiger partial charge in [0.25, 0.3) is 0 Å². The molecule has 1 fully saturated rings. The van der Waals surface area contributed by atoms with Gasteiger partial charge in [0, 0.05) is 18.7 Å². The molecule has 1 atom stereocenters. The highest BCUT2D eigenvalue weighted by atomic mass is 16.5. The molecule has 4 heteroatoms. The molecule has 1 saturated heterocycles. The Morgan fingerprint density at radius 2 is 1.46 bits per heavy atom. The van der Waals surface area contributed by atoms with Gasteiger partial charge < -0.3 is 9.64 Å². The first-order valence-corrected chi connectivity index (χ1v) is 9.39. The Bertz CT molecular complexity index is 952. The summed E-state index contributed by atoms with van der Waals surface area (Å²) in [6, 6.07) is 27.2. The third kappa shape index (κ3) is 4.12. The highest BCUT2D eigenvalue weighted by Gasteiger charge is 2.36. The molecule has 28 heavy (non-hydrogen) atoms. The van der Waals surface area contributed by atoms with Gasteiger partial charge in [-0.1, -0.05) is 60.7 Å². The number of rotatable bonds is 5. The zero-order valence-corrected chi connectivity index (χ0v) is 15.5. The van der Waals surface area contributed by atoms with E-state index in [4.69, 9.17) is 4.74 Å². The summed E-state index contributed by atoms with van der Waals surface area (Å²) in [6.45, 7) is 0.355. The van der Waals surface area contributed by atoms with Crippen LogP contribution in [0.15, 0.2) is 84.9 Å². The highest BCUT2D eigenvalue weighted by molar-refractivity contribution is 5.99. The minimum Gasteiger partial charge on any atom is -0.426 e. The van der Waals surface area contributed by atoms with E-state index in [9.17, 15) is 9.59 Å². The first kappa shape index (κ1) is 18.0. The average molecular weight is 371 g/mol. The van der Waals surface area contributed by atoms with E-state index in [1.807, 2.05) is 72.8 Å². The van der Waals surface area contributed by atoms with E-state index < -0.39 is 5.92 Å². The molecule has 1 heterocycles. The van der Waals surface area contributed by atoms with Gasteiger partial charge in [-0.15, -0.1) is 0 Å². The van der Waals surface area contributed by atoms with Gasteiger partial charge in [0.05, 0.1) is 5.92 Å². The Morgan fingerprint density at radius 3 is 2.14 bits per heavy atom. The summed E-state index contributed by atoms with van der Waals surface area (Å²) >= 11 is 0. The second kappa shape index (κ2) is 8.09. The standard InChI is InChI=1S/C24H21NO3/c26-23-16-20(17-25(23)21-9-5-2-6-10-21)24(27)28-22-13-11-19(12-14-22)15-18-7-3-1-4-8-18/h1-14,20H,15-17H2/t20-/m1/s1. The number of nitrogens with zero attached hydrogens (tertiary/aromatic N) is 1. The number of ether oxygens (including phenoxy) is 1. The molecule has 1 aliphatic rings. The van der Waals surface area contributed by atoms with Crippen LogP contribution in [0.2, 0.25) is 0 Å². The van der Waals surface area contributed by atoms with Crippen molar-refractivity contribution in [2.45, 2.75) is 12.8 Å². The van der Waals surface area contributed by atoms with Crippen molar-refractivity contribution in [1.29, 1.82) is 0 Å². The molecular weight excluding hydrogens is 350 g/mol. The lowest BCUT2D eigenvalue weighted by atomic mass is 10.1. The van der Waals surface area contributed by atoms with E-state index in [2.05, 4.69) is 12.1 Å². The Kier molecular flexibility index (Phi) is 5.20. The van der Waals surface area contributed by atoms with Gasteiger partial charge in [-0.3, -0.25) is 9.59 Å². The maximum atomic E-state index is 12.5. The van der Waals surface area contributed by atoms with Crippen LogP contribution in [0, 0.1) is 5.92 Å². The third-order valence-corrected chi connectivity index (χ3v) is 4.92. The number of hydrogen-bond acceptors (Lipinski definition) is 3. The summed E-state index contributed by atoms with van der Waals surface area (Å²) in [7, 11) is 0. The van der Waals surface area contributed by atoms with Crippen LogP contribution in [-0.4, -0.2) is 18.4 Å². The molecular formula is C24H21NO3. The topological polar surface area (TPSA) is 46.6 Å². The third-order valence-electron chi connectivity index (χ3n) is 4.92. The summed E-state index contributed by atoms with van der Waals surface area (Å²) in [5.41, 5.74) is 3.20. The lowest BCUT2D eigenvalue weighted by molar-refractivity contribution is -0.139. The van der Waals surface area contributed by atoms with Crippen LogP contribution in [-0.2, 0) is 16.0 Å². The predicted molar refractivity (Wildman–Crippen MR) is 108 cm³/mol. The van der Waals surface area contributed by atoms with Gasteiger partial charge in [0.15, 0.2) is 0 Å². The Hall–Kier alpha value is -3.40. The van der Waals surface area contributed by atoms with E-state index in [1.165, 1.54) is 5.56 Å². The van der Waals surface area contributed by atoms with Crippen molar-refractivity contribution >= 4 is 17.6 Å². The molecule has 0 N–H and O–H groups in total. The molecule has 1 aliphatic heterocycles. The molecule has 0 spiro atoms. The van der Waals surface area contributed by atoms with E-state index in [0.29, 0.717) is 12.3 Å². The maximum absolute atomic E-state index is 12.5. The number of amides is 1. The first-order valence-electron chi connectivity index (χ1n) is 9.39. The Balaban J connectivity index is 1.37. The molecule has 3 aromatic carbocycles. The fourth-order valence-electron chi connectivity index (χ4n) is 3.43. The first-order chi connectivity index (χ1) is 13.7. The summed E-state index contributed by atoms with van der Waals surface area (Å²) < 4.78 is 5.52. The second-order valence-corrected chi connectivity index (χ2v) is 6.97. The second-order valence-electron chi connectivity index (χ2n) is 6.97. The summed E-state index contributed by atoms with van der Waals surface area (Å²) in [5, 5.41) is 0. The molecule has 4 nitrogen and oxygen atoms in total. The largest absolute Gasteiger partial charge is 0.426 e. The van der Waals surface area contributed by atoms with Gasteiger partial charge in [-0.05, 0) is 41.8 Å². The molecule has 1 amide bonds. The quantitative estimate of drug-likeness (QED) is 0.498. The molecule has 0 aliphatic carbocycles. The van der Waals surface area contributed by atoms with Crippen LogP contribution in [0.25, 0.3) is 0 Å². The number of carbonyl (C=O) groups excluding carboxylic acids is 2. The van der Waals surface area contributed by atoms with Gasteiger partial charge in [0.1, 0.15) is 5.75 Å². The van der Waals surface area contributed by atoms with Crippen LogP contribution in [0.4, 0.5) is 5.69 Å². The number of para-hydroxylation sites is 1. The number of anilines is 1. The minimum absolute atomic E-state index is 0.0497. The predicted octanol–water partition coefficient (Wildman–Crippen LogP) is 4.24. The zero-order chi connectivity index (χ0) is 19.3. The molecule has 0 aromatic heterocycles. The van der Waals surface area contributed by atoms with Crippen LogP contribution in [0.1, 0.15) is 17.5 Å². The van der Waals surface area contributed by atoms with Crippen molar-refractivity contribution in [3.8, 4) is 5.75 Å². The molecule has 140 valence electrons. The minimum atomic E-state index is -0.447. The van der Waals surface area contributed by atoms with Gasteiger partial charge in [-0.25, -0.2) is 0 Å². The number of hydrogen-bond donors (Lipinski definition) is 0. The van der Waals surface area contributed by atoms with Crippen LogP contribution < -0.4 is 9.64 Å². The van der Waals surface area contributed by atoms with Crippen molar-refractivity contribution in [2.24, 2.45) is 5.92 Å². The van der Waals surface area contributed by atoms with Crippen molar-refractivity contribution in [1.82, 2.24) is 0 Å². The van der Waals surface area contributed by atoms with Crippen molar-refractivity contribution in [3.63, 3.8) is 0 Å². The molecule has 0 radical (unpaired) electrons. The van der Waals surface area contributed by atoms with Gasteiger partial charge in [-0.2, -0.15) is 0 Å². The normalized spacial score (nSPS) is 16.2. The molecule has 0 saturated carbocycles. The molecule has 0 bridgehead atoms. The monoisotopic (exact) mass is 371 g/mol. The van der Waals surface area contributed by atoms with Gasteiger partial charge in [0.2, 0.25) is 5.91 Å². The maximum Gasteiger partial charge on any atom is 0.316 e. The summed E-state index contributed by atoms with van der Waals surface area (Å²) in [6.07, 6.45) is 1.01. The Morgan fingerprint density at radius 1 is 0.857 bits per heavy atom. The SMILES string of the molecule is O=C(Oc1ccc(Cc2ccccc2)cc1)[C@@H]1CC(=O)N(c2ccccc2)C1. The van der Waals surface area contributed by atoms with E-state index in [0.717, 1.165) is 17.7 Å². The summed E-state index contributed by atoms with van der Waals surface area (Å²) in [5.74, 6) is -0.349. The molecule has 0 unspecified atom stereocenters. The van der Waals surface area contributed by atoms with Crippen LogP contribution in [0.3, 0.4) is 0 Å². The molecule has 4 rings (SSSR count). The fourth-order valence-corrected chi connectivity index (χ4v) is 3.43. The van der Waals surface area contributed by atoms with E-state index >= 15 is 0 Å². The van der Waals surface area contributed by atoms with Crippen LogP contribution >= 0.6 is 0 Å². The smallest absolute Gasteiger partial charge is 0.316 e. The summed E-state index contributed by atoms with van der Waals surface area (Å²) in [4.78, 5) is 26.4. The number of benzene rings is 3. The average Bonchev–Trinajstić information content (AvgIpc) is 3.13. The fraction of sp³-hybridized carbons (Fsp3) is 0.167. The lowest BCUT2D eigenvalue weighted by Crippen LogP contribution is -2.27. The Labute approximate surface area is 164 Å². The highest BCUT2D eigenvalue weighted by Crippen LogP contribution is 2.26. The van der Waals surface area contributed by atoms with Gasteiger partial charge >= 0.3 is 5.97 Å². The molecule has 3 aromatic rings. The zero-order valence-electron chi connectivity index (χ0n) is 15.5. The van der Waals surface area contributed by atoms with E-state index in [-0.39, 0.29) is 18.3 Å². The van der Waals surface area contributed by atoms with E-state index in [1.54, 1.807) is 4.90 Å². The van der Waals surface area contributed by atoms with Crippen molar-refractivity contribution in [3.05, 3.63) is 96.1 Å². The van der Waals surface area contributed by atoms with Crippen molar-refractivity contribution in [2.75, 3.05) is 11.4 Å².